The normalized spacial score (nSPS) is 17.5. The van der Waals surface area contributed by atoms with E-state index in [1.807, 2.05) is 23.6 Å². The van der Waals surface area contributed by atoms with Gasteiger partial charge in [-0.2, -0.15) is 0 Å². The molecule has 2 amide bonds. The van der Waals surface area contributed by atoms with Crippen LogP contribution in [0.25, 0.3) is 0 Å². The minimum atomic E-state index is -1.78. The maximum absolute atomic E-state index is 12.7. The van der Waals surface area contributed by atoms with E-state index in [0.29, 0.717) is 0 Å². The molecule has 0 radical (unpaired) electrons. The highest BCUT2D eigenvalue weighted by Gasteiger charge is 2.35. The molecule has 0 saturated carbocycles. The van der Waals surface area contributed by atoms with Crippen LogP contribution in [0.5, 0.6) is 0 Å². The summed E-state index contributed by atoms with van der Waals surface area (Å²) in [6.07, 6.45) is 2.61. The topological polar surface area (TPSA) is 42.0 Å². The molecule has 7 heteroatoms. The lowest BCUT2D eigenvalue weighted by Crippen LogP contribution is -2.58. The molecule has 0 aliphatic carbocycles. The van der Waals surface area contributed by atoms with Crippen molar-refractivity contribution in [1.29, 1.82) is 0 Å². The van der Waals surface area contributed by atoms with Crippen LogP contribution in [-0.4, -0.2) is 71.1 Å². The quantitative estimate of drug-likeness (QED) is 0.642. The summed E-state index contributed by atoms with van der Waals surface area (Å²) in [5.74, 6) is 0. The third-order valence-electron chi connectivity index (χ3n) is 3.61. The molecule has 21 heavy (non-hydrogen) atoms. The van der Waals surface area contributed by atoms with Crippen molar-refractivity contribution in [2.45, 2.75) is 46.5 Å². The van der Waals surface area contributed by atoms with Gasteiger partial charge in [0, 0.05) is 38.6 Å². The van der Waals surface area contributed by atoms with Crippen molar-refractivity contribution in [3.05, 3.63) is 0 Å². The van der Waals surface area contributed by atoms with Crippen molar-refractivity contribution < 1.29 is 13.6 Å². The maximum atomic E-state index is 12.7. The molecule has 0 aromatic carbocycles. The van der Waals surface area contributed by atoms with Gasteiger partial charge in [-0.25, -0.2) is 4.79 Å². The van der Waals surface area contributed by atoms with Crippen molar-refractivity contribution in [2.24, 2.45) is 0 Å². The summed E-state index contributed by atoms with van der Waals surface area (Å²) < 4.78 is 11.7. The third kappa shape index (κ3) is 6.09. The zero-order valence-electron chi connectivity index (χ0n) is 14.6. The Bertz CT molecular complexity index is 321. The van der Waals surface area contributed by atoms with Crippen LogP contribution in [0, 0.1) is 0 Å². The highest BCUT2D eigenvalue weighted by Crippen LogP contribution is 2.17. The van der Waals surface area contributed by atoms with Gasteiger partial charge in [-0.3, -0.25) is 0 Å². The summed E-state index contributed by atoms with van der Waals surface area (Å²) in [5.41, 5.74) is 0. The van der Waals surface area contributed by atoms with Crippen molar-refractivity contribution in [2.75, 3.05) is 38.6 Å². The van der Waals surface area contributed by atoms with Gasteiger partial charge in [-0.15, -0.1) is 0 Å². The molecular weight excluding hydrogens is 300 g/mol. The number of nitrogens with zero attached hydrogens (tertiary/aromatic N) is 2. The number of carbonyl (C=O) groups is 1. The van der Waals surface area contributed by atoms with Gasteiger partial charge < -0.3 is 18.7 Å². The highest BCUT2D eigenvalue weighted by molar-refractivity contribution is 6.72. The van der Waals surface area contributed by atoms with Gasteiger partial charge in [-0.1, -0.05) is 0 Å². The number of hydrogen-bond donors (Lipinski definition) is 0. The largest absolute Gasteiger partial charge is 0.416 e. The van der Waals surface area contributed by atoms with Crippen LogP contribution in [0.15, 0.2) is 0 Å². The Balaban J connectivity index is 2.64. The third-order valence-corrected chi connectivity index (χ3v) is 8.04. The van der Waals surface area contributed by atoms with E-state index in [1.165, 1.54) is 0 Å². The van der Waals surface area contributed by atoms with Crippen LogP contribution in [0.2, 0.25) is 26.2 Å². The van der Waals surface area contributed by atoms with Gasteiger partial charge in [0.2, 0.25) is 16.6 Å². The Kier molecular flexibility index (Phi) is 6.90. The minimum absolute atomic E-state index is 0.168. The van der Waals surface area contributed by atoms with E-state index in [0.717, 1.165) is 45.1 Å². The highest BCUT2D eigenvalue weighted by atomic mass is 28.4. The molecule has 0 aromatic rings. The summed E-state index contributed by atoms with van der Waals surface area (Å²) in [6, 6.07) is 0.168. The fourth-order valence-electron chi connectivity index (χ4n) is 2.93. The van der Waals surface area contributed by atoms with Gasteiger partial charge in [0.05, 0.1) is 0 Å². The lowest BCUT2D eigenvalue weighted by Gasteiger charge is -2.40. The second-order valence-electron chi connectivity index (χ2n) is 6.86. The predicted molar refractivity (Wildman–Crippen MR) is 91.4 cm³/mol. The molecular formula is C14H32N2O3Si2. The monoisotopic (exact) mass is 332 g/mol. The summed E-state index contributed by atoms with van der Waals surface area (Å²) in [6.45, 7) is 16.0. The first-order valence-corrected chi connectivity index (χ1v) is 14.3. The molecule has 0 unspecified atom stereocenters. The SMILES string of the molecule is CCO[Si](C)(C)CN1CCCN(C[Si](C)(C)OCC)C1=O. The van der Waals surface area contributed by atoms with Crippen molar-refractivity contribution in [3.63, 3.8) is 0 Å². The molecule has 1 fully saturated rings. The second-order valence-corrected chi connectivity index (χ2v) is 15.1. The standard InChI is InChI=1S/C14H32N2O3Si2/c1-7-18-20(3,4)12-15-10-9-11-16(14(15)17)13-21(5,6)19-8-2/h7-13H2,1-6H3. The van der Waals surface area contributed by atoms with E-state index in [9.17, 15) is 4.79 Å². The molecule has 1 saturated heterocycles. The first-order chi connectivity index (χ1) is 9.71. The van der Waals surface area contributed by atoms with Gasteiger partial charge in [0.1, 0.15) is 0 Å². The van der Waals surface area contributed by atoms with E-state index < -0.39 is 16.6 Å². The molecule has 0 aromatic heterocycles. The van der Waals surface area contributed by atoms with Crippen LogP contribution in [0.3, 0.4) is 0 Å². The van der Waals surface area contributed by atoms with E-state index in [4.69, 9.17) is 8.85 Å². The molecule has 1 rings (SSSR count). The van der Waals surface area contributed by atoms with Crippen LogP contribution >= 0.6 is 0 Å². The van der Waals surface area contributed by atoms with Crippen LogP contribution in [0.4, 0.5) is 4.79 Å². The van der Waals surface area contributed by atoms with Gasteiger partial charge in [0.15, 0.2) is 0 Å². The van der Waals surface area contributed by atoms with Crippen LogP contribution < -0.4 is 0 Å². The summed E-state index contributed by atoms with van der Waals surface area (Å²) in [7, 11) is -3.55. The van der Waals surface area contributed by atoms with Gasteiger partial charge in [-0.05, 0) is 46.5 Å². The fraction of sp³-hybridized carbons (Fsp3) is 0.929. The molecule has 1 aliphatic heterocycles. The summed E-state index contributed by atoms with van der Waals surface area (Å²) in [4.78, 5) is 16.7. The van der Waals surface area contributed by atoms with E-state index in [-0.39, 0.29) is 6.03 Å². The van der Waals surface area contributed by atoms with E-state index in [2.05, 4.69) is 26.2 Å². The van der Waals surface area contributed by atoms with Crippen LogP contribution in [-0.2, 0) is 8.85 Å². The average molecular weight is 333 g/mol. The predicted octanol–water partition coefficient (Wildman–Crippen LogP) is 2.68. The van der Waals surface area contributed by atoms with E-state index in [1.54, 1.807) is 0 Å². The Morgan fingerprint density at radius 2 is 1.29 bits per heavy atom. The number of urea groups is 1. The van der Waals surface area contributed by atoms with Crippen molar-refractivity contribution >= 4 is 22.7 Å². The van der Waals surface area contributed by atoms with Crippen molar-refractivity contribution in [1.82, 2.24) is 9.80 Å². The molecule has 1 aliphatic rings. The van der Waals surface area contributed by atoms with Gasteiger partial charge >= 0.3 is 6.03 Å². The first kappa shape index (κ1) is 18.7. The Hall–Kier alpha value is -0.376. The molecule has 0 atom stereocenters. The molecule has 124 valence electrons. The number of carbonyl (C=O) groups excluding carboxylic acids is 1. The number of amides is 2. The van der Waals surface area contributed by atoms with E-state index >= 15 is 0 Å². The Morgan fingerprint density at radius 1 is 0.905 bits per heavy atom. The molecule has 0 N–H and O–H groups in total. The summed E-state index contributed by atoms with van der Waals surface area (Å²) in [5, 5.41) is 0. The molecule has 5 nitrogen and oxygen atoms in total. The fourth-order valence-corrected chi connectivity index (χ4v) is 7.10. The zero-order valence-corrected chi connectivity index (χ0v) is 16.6. The average Bonchev–Trinajstić information content (AvgIpc) is 2.33. The molecule has 1 heterocycles. The molecule has 0 spiro atoms. The second kappa shape index (κ2) is 7.76. The Labute approximate surface area is 131 Å². The van der Waals surface area contributed by atoms with Crippen molar-refractivity contribution in [3.8, 4) is 0 Å². The number of rotatable bonds is 8. The lowest BCUT2D eigenvalue weighted by atomic mass is 10.3. The van der Waals surface area contributed by atoms with Crippen LogP contribution in [0.1, 0.15) is 20.3 Å². The minimum Gasteiger partial charge on any atom is -0.416 e. The zero-order chi connectivity index (χ0) is 16.1. The number of hydrogen-bond acceptors (Lipinski definition) is 3. The first-order valence-electron chi connectivity index (χ1n) is 8.02. The van der Waals surface area contributed by atoms with Gasteiger partial charge in [0.25, 0.3) is 0 Å². The Morgan fingerprint density at radius 3 is 1.62 bits per heavy atom. The maximum Gasteiger partial charge on any atom is 0.319 e. The smallest absolute Gasteiger partial charge is 0.319 e. The lowest BCUT2D eigenvalue weighted by molar-refractivity contribution is 0.138. The molecule has 0 bridgehead atoms. The summed E-state index contributed by atoms with van der Waals surface area (Å²) >= 11 is 0.